The van der Waals surface area contributed by atoms with Crippen LogP contribution in [0.4, 0.5) is 0 Å². The quantitative estimate of drug-likeness (QED) is 0.920. The van der Waals surface area contributed by atoms with Gasteiger partial charge < -0.3 is 4.57 Å². The largest absolute Gasteiger partial charge is 0.317 e. The van der Waals surface area contributed by atoms with E-state index in [4.69, 9.17) is 5.41 Å². The van der Waals surface area contributed by atoms with Gasteiger partial charge in [-0.15, -0.1) is 0 Å². The molecule has 0 unspecified atom stereocenters. The lowest BCUT2D eigenvalue weighted by Crippen LogP contribution is -2.22. The Morgan fingerprint density at radius 3 is 2.81 bits per heavy atom. The smallest absolute Gasteiger partial charge is 0.221 e. The molecule has 1 N–H and O–H groups in total. The first-order valence-corrected chi connectivity index (χ1v) is 5.86. The van der Waals surface area contributed by atoms with Gasteiger partial charge in [-0.25, -0.2) is 4.98 Å². The molecule has 16 heavy (non-hydrogen) atoms. The van der Waals surface area contributed by atoms with Gasteiger partial charge in [-0.05, 0) is 24.1 Å². The normalized spacial score (nSPS) is 10.3. The highest BCUT2D eigenvalue weighted by atomic mass is 79.9. The molecular formula is C12H12BrN3. The molecule has 82 valence electrons. The summed E-state index contributed by atoms with van der Waals surface area (Å²) in [5.41, 5.74) is 1.55. The minimum Gasteiger partial charge on any atom is -0.317 e. The van der Waals surface area contributed by atoms with Crippen molar-refractivity contribution in [3.63, 3.8) is 0 Å². The van der Waals surface area contributed by atoms with Crippen LogP contribution in [0, 0.1) is 5.41 Å². The lowest BCUT2D eigenvalue weighted by atomic mass is 10.1. The molecule has 3 nitrogen and oxygen atoms in total. The number of halogens is 1. The summed E-state index contributed by atoms with van der Waals surface area (Å²) >= 11 is 3.52. The zero-order valence-corrected chi connectivity index (χ0v) is 10.3. The summed E-state index contributed by atoms with van der Waals surface area (Å²) in [7, 11) is 0. The van der Waals surface area contributed by atoms with E-state index in [1.807, 2.05) is 35.0 Å². The zero-order chi connectivity index (χ0) is 11.4. The topological polar surface area (TPSA) is 41.7 Å². The van der Waals surface area contributed by atoms with Crippen LogP contribution in [0.1, 0.15) is 5.56 Å². The van der Waals surface area contributed by atoms with Crippen LogP contribution in [0.25, 0.3) is 0 Å². The summed E-state index contributed by atoms with van der Waals surface area (Å²) in [6.45, 7) is 0.773. The highest BCUT2D eigenvalue weighted by Crippen LogP contribution is 2.16. The Morgan fingerprint density at radius 1 is 1.25 bits per heavy atom. The second-order valence-corrected chi connectivity index (χ2v) is 4.33. The molecule has 1 heterocycles. The summed E-state index contributed by atoms with van der Waals surface area (Å²) in [5.74, 6) is 0. The van der Waals surface area contributed by atoms with Crippen molar-refractivity contribution in [1.82, 2.24) is 9.55 Å². The average molecular weight is 278 g/mol. The lowest BCUT2D eigenvalue weighted by Gasteiger charge is -2.07. The van der Waals surface area contributed by atoms with E-state index < -0.39 is 0 Å². The van der Waals surface area contributed by atoms with Crippen LogP contribution in [0.2, 0.25) is 0 Å². The number of benzene rings is 1. The Labute approximate surface area is 102 Å². The number of hydrogen-bond donors (Lipinski definition) is 1. The van der Waals surface area contributed by atoms with Gasteiger partial charge in [0.15, 0.2) is 0 Å². The van der Waals surface area contributed by atoms with Gasteiger partial charge in [-0.1, -0.05) is 34.1 Å². The fourth-order valence-electron chi connectivity index (χ4n) is 1.52. The van der Waals surface area contributed by atoms with Crippen LogP contribution >= 0.6 is 15.9 Å². The molecule has 0 radical (unpaired) electrons. The van der Waals surface area contributed by atoms with Gasteiger partial charge in [0.2, 0.25) is 5.62 Å². The van der Waals surface area contributed by atoms with E-state index in [0.717, 1.165) is 17.4 Å². The van der Waals surface area contributed by atoms with Crippen LogP contribution in [0.15, 0.2) is 47.2 Å². The average Bonchev–Trinajstić information content (AvgIpc) is 2.30. The van der Waals surface area contributed by atoms with E-state index in [0.29, 0.717) is 5.62 Å². The first-order valence-electron chi connectivity index (χ1n) is 5.07. The summed E-state index contributed by atoms with van der Waals surface area (Å²) in [6.07, 6.45) is 4.41. The Bertz CT molecular complexity index is 534. The maximum atomic E-state index is 7.63. The zero-order valence-electron chi connectivity index (χ0n) is 8.73. The first kappa shape index (κ1) is 11.1. The molecule has 0 aliphatic heterocycles. The minimum absolute atomic E-state index is 0.301. The Kier molecular flexibility index (Phi) is 3.51. The van der Waals surface area contributed by atoms with Crippen molar-refractivity contribution in [3.05, 3.63) is 58.4 Å². The van der Waals surface area contributed by atoms with E-state index in [9.17, 15) is 0 Å². The van der Waals surface area contributed by atoms with Gasteiger partial charge in [0.05, 0.1) is 0 Å². The summed E-state index contributed by atoms with van der Waals surface area (Å²) in [6, 6.07) is 9.99. The van der Waals surface area contributed by atoms with Crippen LogP contribution < -0.4 is 5.62 Å². The fourth-order valence-corrected chi connectivity index (χ4v) is 2.01. The van der Waals surface area contributed by atoms with Crippen molar-refractivity contribution >= 4 is 15.9 Å². The van der Waals surface area contributed by atoms with Gasteiger partial charge in [0.25, 0.3) is 0 Å². The van der Waals surface area contributed by atoms with E-state index in [-0.39, 0.29) is 0 Å². The van der Waals surface area contributed by atoms with E-state index in [1.54, 1.807) is 6.20 Å². The van der Waals surface area contributed by atoms with E-state index in [2.05, 4.69) is 27.0 Å². The van der Waals surface area contributed by atoms with E-state index >= 15 is 0 Å². The third-order valence-electron chi connectivity index (χ3n) is 2.40. The molecule has 0 fully saturated rings. The van der Waals surface area contributed by atoms with E-state index in [1.165, 1.54) is 5.56 Å². The predicted molar refractivity (Wildman–Crippen MR) is 65.9 cm³/mol. The molecule has 1 aromatic carbocycles. The lowest BCUT2D eigenvalue weighted by molar-refractivity contribution is 0.626. The maximum Gasteiger partial charge on any atom is 0.221 e. The Hall–Kier alpha value is -1.42. The highest BCUT2D eigenvalue weighted by Gasteiger charge is 1.99. The first-order chi connectivity index (χ1) is 7.77. The van der Waals surface area contributed by atoms with Gasteiger partial charge in [-0.3, -0.25) is 5.41 Å². The third-order valence-corrected chi connectivity index (χ3v) is 3.17. The number of nitrogens with one attached hydrogen (secondary N) is 1. The summed E-state index contributed by atoms with van der Waals surface area (Å²) in [4.78, 5) is 3.93. The SMILES string of the molecule is N=c1ncccn1CCc1ccccc1Br. The van der Waals surface area contributed by atoms with Crippen LogP contribution in [0.5, 0.6) is 0 Å². The molecule has 0 aliphatic rings. The van der Waals surface area contributed by atoms with Gasteiger partial charge in [0.1, 0.15) is 0 Å². The summed E-state index contributed by atoms with van der Waals surface area (Å²) < 4.78 is 2.95. The second kappa shape index (κ2) is 5.07. The highest BCUT2D eigenvalue weighted by molar-refractivity contribution is 9.10. The molecule has 2 aromatic rings. The molecule has 0 amide bonds. The van der Waals surface area contributed by atoms with Crippen molar-refractivity contribution in [2.75, 3.05) is 0 Å². The molecule has 0 atom stereocenters. The molecule has 0 spiro atoms. The second-order valence-electron chi connectivity index (χ2n) is 3.48. The standard InChI is InChI=1S/C12H12BrN3/c13-11-5-2-1-4-10(11)6-9-16-8-3-7-15-12(16)14/h1-5,7-8,14H,6,9H2. The third kappa shape index (κ3) is 2.58. The number of hydrogen-bond acceptors (Lipinski definition) is 2. The minimum atomic E-state index is 0.301. The summed E-state index contributed by atoms with van der Waals surface area (Å²) in [5, 5.41) is 7.63. The van der Waals surface area contributed by atoms with Crippen molar-refractivity contribution in [1.29, 1.82) is 5.41 Å². The molecule has 1 aromatic heterocycles. The molecule has 0 bridgehead atoms. The Balaban J connectivity index is 2.12. The van der Waals surface area contributed by atoms with Crippen molar-refractivity contribution in [2.45, 2.75) is 13.0 Å². The number of rotatable bonds is 3. The molecule has 2 rings (SSSR count). The van der Waals surface area contributed by atoms with Crippen molar-refractivity contribution in [3.8, 4) is 0 Å². The number of nitrogens with zero attached hydrogens (tertiary/aromatic N) is 2. The van der Waals surface area contributed by atoms with Crippen LogP contribution in [-0.4, -0.2) is 9.55 Å². The Morgan fingerprint density at radius 2 is 2.06 bits per heavy atom. The number of aromatic nitrogens is 2. The van der Waals surface area contributed by atoms with Crippen molar-refractivity contribution < 1.29 is 0 Å². The van der Waals surface area contributed by atoms with Crippen LogP contribution in [-0.2, 0) is 13.0 Å². The molecule has 0 saturated carbocycles. The molecule has 4 heteroatoms. The molecule has 0 saturated heterocycles. The predicted octanol–water partition coefficient (Wildman–Crippen LogP) is 2.37. The van der Waals surface area contributed by atoms with Crippen molar-refractivity contribution in [2.24, 2.45) is 0 Å². The maximum absolute atomic E-state index is 7.63. The van der Waals surface area contributed by atoms with Gasteiger partial charge in [-0.2, -0.15) is 0 Å². The monoisotopic (exact) mass is 277 g/mol. The fraction of sp³-hybridized carbons (Fsp3) is 0.167. The van der Waals surface area contributed by atoms with Gasteiger partial charge in [0, 0.05) is 23.4 Å². The van der Waals surface area contributed by atoms with Gasteiger partial charge >= 0.3 is 0 Å². The molecule has 0 aliphatic carbocycles. The number of aryl methyl sites for hydroxylation is 2. The molecular weight excluding hydrogens is 266 g/mol. The van der Waals surface area contributed by atoms with Crippen LogP contribution in [0.3, 0.4) is 0 Å².